The summed E-state index contributed by atoms with van der Waals surface area (Å²) in [4.78, 5) is 62.4. The molecule has 0 amide bonds. The van der Waals surface area contributed by atoms with Crippen LogP contribution in [0.5, 0.6) is 0 Å². The van der Waals surface area contributed by atoms with Crippen LogP contribution in [0.25, 0.3) is 10.9 Å². The second-order valence-electron chi connectivity index (χ2n) is 12.9. The second-order valence-corrected chi connectivity index (χ2v) is 12.9. The Morgan fingerprint density at radius 2 is 1.23 bits per heavy atom. The Morgan fingerprint density at radius 1 is 0.732 bits per heavy atom. The quantitative estimate of drug-likeness (QED) is 0.124. The molecule has 15 heteroatoms. The van der Waals surface area contributed by atoms with Crippen molar-refractivity contribution in [2.45, 2.75) is 73.8 Å². The Bertz CT molecular complexity index is 1470. The number of anilines is 1. The maximum absolute atomic E-state index is 12.7. The molecule has 3 rings (SSSR count). The van der Waals surface area contributed by atoms with Gasteiger partial charge in [-0.15, -0.1) is 0 Å². The van der Waals surface area contributed by atoms with Gasteiger partial charge in [-0.05, 0) is 51.6 Å². The molecular formula is C41H71N7O8. The monoisotopic (exact) mass is 790 g/mol. The third-order valence-electron chi connectivity index (χ3n) is 9.06. The molecule has 2 aromatic rings. The van der Waals surface area contributed by atoms with E-state index in [1.807, 2.05) is 41.5 Å². The number of fused-ring (bicyclic) bond motifs is 1. The zero-order valence-electron chi connectivity index (χ0n) is 35.5. The van der Waals surface area contributed by atoms with Crippen molar-refractivity contribution in [1.82, 2.24) is 29.5 Å². The number of carboxylic acids is 4. The van der Waals surface area contributed by atoms with E-state index in [2.05, 4.69) is 53.6 Å². The predicted octanol–water partition coefficient (Wildman–Crippen LogP) is 4.47. The number of nitrogens with zero attached hydrogens (tertiary/aromatic N) is 7. The lowest BCUT2D eigenvalue weighted by atomic mass is 10.1. The standard InChI is InChI=1S/C35H53N7O8.3C2H6/c1-5-28-9-7-27-8-10-29(22-30(27)36-28)41-20-18-40(19-21-41)26(2)6-11-31(35(49)50)42(16-13-38(4)24-33(45)46)17-15-39(25-34(47)48)14-12-37(3)23-32(43)44;3*1-2/h7-10,22,31H,2,5-6,11-21,23-25H2,1,3-4H3,(H,43,44)(H,45,46)(H,47,48)(H,49,50);3*1-2H3. The Hall–Kier alpha value is -4.31. The number of carbonyl (C=O) groups is 4. The van der Waals surface area contributed by atoms with E-state index >= 15 is 0 Å². The first-order valence-corrected chi connectivity index (χ1v) is 20.0. The van der Waals surface area contributed by atoms with Crippen molar-refractivity contribution in [3.63, 3.8) is 0 Å². The molecule has 0 aliphatic carbocycles. The number of hydrogen-bond acceptors (Lipinski definition) is 11. The fourth-order valence-electron chi connectivity index (χ4n) is 6.13. The van der Waals surface area contributed by atoms with Crippen molar-refractivity contribution in [1.29, 1.82) is 0 Å². The minimum atomic E-state index is -1.05. The third-order valence-corrected chi connectivity index (χ3v) is 9.06. The molecule has 56 heavy (non-hydrogen) atoms. The molecule has 1 atom stereocenters. The molecule has 1 saturated heterocycles. The van der Waals surface area contributed by atoms with Crippen molar-refractivity contribution in [2.24, 2.45) is 0 Å². The molecule has 0 saturated carbocycles. The van der Waals surface area contributed by atoms with Gasteiger partial charge in [0.05, 0.1) is 25.2 Å². The molecule has 15 nitrogen and oxygen atoms in total. The number of carboxylic acid groups (broad SMARTS) is 4. The van der Waals surface area contributed by atoms with E-state index < -0.39 is 29.9 Å². The molecule has 0 bridgehead atoms. The molecule has 318 valence electrons. The van der Waals surface area contributed by atoms with Crippen LogP contribution in [-0.2, 0) is 25.6 Å². The number of likely N-dealkylation sites (N-methyl/N-ethyl adjacent to an activating group) is 2. The first kappa shape index (κ1) is 51.7. The number of rotatable bonds is 23. The highest BCUT2D eigenvalue weighted by molar-refractivity contribution is 5.82. The molecule has 1 aromatic heterocycles. The summed E-state index contributed by atoms with van der Waals surface area (Å²) >= 11 is 0. The number of aliphatic carboxylic acids is 4. The van der Waals surface area contributed by atoms with E-state index in [1.165, 1.54) is 0 Å². The molecule has 1 fully saturated rings. The number of piperazine rings is 1. The van der Waals surface area contributed by atoms with Gasteiger partial charge < -0.3 is 30.2 Å². The maximum Gasteiger partial charge on any atom is 0.320 e. The van der Waals surface area contributed by atoms with Crippen molar-refractivity contribution in [3.8, 4) is 0 Å². The molecule has 0 radical (unpaired) electrons. The van der Waals surface area contributed by atoms with E-state index in [4.69, 9.17) is 10.1 Å². The van der Waals surface area contributed by atoms with Crippen LogP contribution < -0.4 is 4.90 Å². The van der Waals surface area contributed by atoms with Crippen LogP contribution in [0.2, 0.25) is 0 Å². The summed E-state index contributed by atoms with van der Waals surface area (Å²) in [7, 11) is 3.28. The van der Waals surface area contributed by atoms with E-state index in [0.29, 0.717) is 19.5 Å². The van der Waals surface area contributed by atoms with Crippen molar-refractivity contribution >= 4 is 40.5 Å². The largest absolute Gasteiger partial charge is 0.480 e. The lowest BCUT2D eigenvalue weighted by Gasteiger charge is -2.39. The Labute approximate surface area is 335 Å². The van der Waals surface area contributed by atoms with Gasteiger partial charge in [0.2, 0.25) is 0 Å². The van der Waals surface area contributed by atoms with Crippen LogP contribution in [0, 0.1) is 0 Å². The summed E-state index contributed by atoms with van der Waals surface area (Å²) in [6.45, 7) is 22.3. The van der Waals surface area contributed by atoms with Crippen LogP contribution in [0.3, 0.4) is 0 Å². The highest BCUT2D eigenvalue weighted by Gasteiger charge is 2.28. The van der Waals surface area contributed by atoms with Gasteiger partial charge in [0.1, 0.15) is 6.04 Å². The summed E-state index contributed by atoms with van der Waals surface area (Å²) in [5.41, 5.74) is 3.99. The fraction of sp³-hybridized carbons (Fsp3) is 0.634. The van der Waals surface area contributed by atoms with Gasteiger partial charge in [-0.3, -0.25) is 43.8 Å². The minimum absolute atomic E-state index is 0.191. The van der Waals surface area contributed by atoms with Crippen molar-refractivity contribution < 1.29 is 39.6 Å². The normalized spacial score (nSPS) is 13.0. The Kier molecular flexibility index (Phi) is 26.8. The Balaban J connectivity index is 0.00000480. The molecule has 1 unspecified atom stereocenters. The Morgan fingerprint density at radius 3 is 1.75 bits per heavy atom. The molecule has 1 aliphatic rings. The summed E-state index contributed by atoms with van der Waals surface area (Å²) in [6, 6.07) is 9.59. The molecule has 1 aromatic carbocycles. The second kappa shape index (κ2) is 29.0. The number of benzene rings is 1. The van der Waals surface area contributed by atoms with E-state index in [1.54, 1.807) is 33.7 Å². The van der Waals surface area contributed by atoms with E-state index in [0.717, 1.165) is 60.6 Å². The van der Waals surface area contributed by atoms with Crippen LogP contribution in [0.15, 0.2) is 42.6 Å². The zero-order chi connectivity index (χ0) is 42.8. The smallest absolute Gasteiger partial charge is 0.320 e. The summed E-state index contributed by atoms with van der Waals surface area (Å²) < 4.78 is 0. The van der Waals surface area contributed by atoms with Crippen molar-refractivity contribution in [3.05, 3.63) is 48.3 Å². The predicted molar refractivity (Wildman–Crippen MR) is 225 cm³/mol. The van der Waals surface area contributed by atoms with Gasteiger partial charge in [-0.1, -0.05) is 67.2 Å². The molecule has 0 spiro atoms. The van der Waals surface area contributed by atoms with Gasteiger partial charge >= 0.3 is 23.9 Å². The molecule has 2 heterocycles. The third kappa shape index (κ3) is 19.5. The SMILES string of the molecule is C=C(CCC(C(=O)O)N(CCN(C)CC(=O)O)CCN(CCN(C)CC(=O)O)CC(=O)O)N1CCN(c2ccc3ccc(CC)nc3c2)CC1.CC.CC.CC. The highest BCUT2D eigenvalue weighted by Crippen LogP contribution is 2.24. The number of aryl methyl sites for hydroxylation is 1. The topological polar surface area (TPSA) is 182 Å². The first-order chi connectivity index (χ1) is 26.7. The minimum Gasteiger partial charge on any atom is -0.480 e. The van der Waals surface area contributed by atoms with Gasteiger partial charge in [0.15, 0.2) is 0 Å². The van der Waals surface area contributed by atoms with Crippen LogP contribution in [0.4, 0.5) is 5.69 Å². The van der Waals surface area contributed by atoms with Crippen molar-refractivity contribution in [2.75, 3.05) is 104 Å². The summed E-state index contributed by atoms with van der Waals surface area (Å²) in [6.07, 6.45) is 1.59. The van der Waals surface area contributed by atoms with Gasteiger partial charge in [-0.25, -0.2) is 0 Å². The molecule has 4 N–H and O–H groups in total. The molecular weight excluding hydrogens is 718 g/mol. The number of hydrogen-bond donors (Lipinski definition) is 4. The first-order valence-electron chi connectivity index (χ1n) is 20.0. The van der Waals surface area contributed by atoms with Gasteiger partial charge in [0, 0.05) is 87.9 Å². The number of aromatic nitrogens is 1. The van der Waals surface area contributed by atoms with E-state index in [-0.39, 0.29) is 52.2 Å². The van der Waals surface area contributed by atoms with Gasteiger partial charge in [0.25, 0.3) is 0 Å². The maximum atomic E-state index is 12.7. The fourth-order valence-corrected chi connectivity index (χ4v) is 6.13. The average molecular weight is 790 g/mol. The highest BCUT2D eigenvalue weighted by atomic mass is 16.4. The lowest BCUT2D eigenvalue weighted by molar-refractivity contribution is -0.144. The van der Waals surface area contributed by atoms with Gasteiger partial charge in [-0.2, -0.15) is 0 Å². The lowest BCUT2D eigenvalue weighted by Crippen LogP contribution is -2.49. The molecule has 1 aliphatic heterocycles. The van der Waals surface area contributed by atoms with E-state index in [9.17, 15) is 34.5 Å². The van der Waals surface area contributed by atoms with Crippen LogP contribution >= 0.6 is 0 Å². The number of pyridine rings is 1. The summed E-state index contributed by atoms with van der Waals surface area (Å²) in [5, 5.41) is 39.2. The zero-order valence-corrected chi connectivity index (χ0v) is 35.5. The summed E-state index contributed by atoms with van der Waals surface area (Å²) in [5.74, 6) is -4.06. The number of allylic oxidation sites excluding steroid dienone is 1. The van der Waals surface area contributed by atoms with Crippen LogP contribution in [0.1, 0.15) is 67.0 Å². The van der Waals surface area contributed by atoms with Crippen LogP contribution in [-0.4, -0.2) is 179 Å². The average Bonchev–Trinajstić information content (AvgIpc) is 3.18.